The number of rotatable bonds is 3. The molecule has 0 bridgehead atoms. The molecule has 0 aliphatic heterocycles. The lowest BCUT2D eigenvalue weighted by Crippen LogP contribution is -2.48. The molecule has 1 aromatic rings. The molecule has 1 aromatic heterocycles. The average Bonchev–Trinajstić information content (AvgIpc) is 2.45. The monoisotopic (exact) mass is 274 g/mol. The minimum Gasteiger partial charge on any atom is -0.321 e. The normalized spacial score (nSPS) is 14.7. The summed E-state index contributed by atoms with van der Waals surface area (Å²) in [4.78, 5) is 2.12. The number of nitrogens with zero attached hydrogens (tertiary/aromatic N) is 3. The molecule has 1 heterocycles. The molecule has 0 saturated heterocycles. The van der Waals surface area contributed by atoms with E-state index in [1.54, 1.807) is 6.20 Å². The van der Waals surface area contributed by atoms with Gasteiger partial charge in [0, 0.05) is 12.6 Å². The van der Waals surface area contributed by atoms with Crippen LogP contribution in [0, 0.1) is 0 Å². The van der Waals surface area contributed by atoms with Gasteiger partial charge in [0.2, 0.25) is 0 Å². The van der Waals surface area contributed by atoms with Crippen molar-refractivity contribution in [2.45, 2.75) is 25.4 Å². The Balaban J connectivity index is 3.09. The van der Waals surface area contributed by atoms with Gasteiger partial charge in [-0.2, -0.15) is 5.10 Å². The number of aryl methyl sites for hydroxylation is 1. The molecule has 1 unspecified atom stereocenters. The summed E-state index contributed by atoms with van der Waals surface area (Å²) < 4.78 is 2.78. The van der Waals surface area contributed by atoms with E-state index in [-0.39, 0.29) is 11.6 Å². The molecule has 5 heteroatoms. The molecular formula is C10H19BrN4. The molecule has 0 fully saturated rings. The fourth-order valence-corrected chi connectivity index (χ4v) is 1.98. The number of hydrogen-bond donors (Lipinski definition) is 1. The maximum absolute atomic E-state index is 6.29. The zero-order valence-electron chi connectivity index (χ0n) is 9.95. The molecule has 2 N–H and O–H groups in total. The predicted molar refractivity (Wildman–Crippen MR) is 65.6 cm³/mol. The van der Waals surface area contributed by atoms with Crippen LogP contribution in [0.4, 0.5) is 0 Å². The molecule has 1 rings (SSSR count). The average molecular weight is 275 g/mol. The van der Waals surface area contributed by atoms with Crippen molar-refractivity contribution in [3.63, 3.8) is 0 Å². The quantitative estimate of drug-likeness (QED) is 0.909. The summed E-state index contributed by atoms with van der Waals surface area (Å²) in [7, 11) is 5.97. The second-order valence-corrected chi connectivity index (χ2v) is 5.38. The number of nitrogens with two attached hydrogens (primary N) is 1. The Morgan fingerprint density at radius 2 is 2.07 bits per heavy atom. The van der Waals surface area contributed by atoms with Crippen LogP contribution >= 0.6 is 15.9 Å². The van der Waals surface area contributed by atoms with E-state index in [1.807, 2.05) is 25.8 Å². The highest BCUT2D eigenvalue weighted by atomic mass is 79.9. The van der Waals surface area contributed by atoms with Gasteiger partial charge in [0.15, 0.2) is 0 Å². The van der Waals surface area contributed by atoms with E-state index in [0.29, 0.717) is 0 Å². The second-order valence-electron chi connectivity index (χ2n) is 4.53. The summed E-state index contributed by atoms with van der Waals surface area (Å²) in [5.74, 6) is 0. The lowest BCUT2D eigenvalue weighted by molar-refractivity contribution is 0.154. The minimum atomic E-state index is -0.115. The van der Waals surface area contributed by atoms with Crippen LogP contribution in [0.5, 0.6) is 0 Å². The summed E-state index contributed by atoms with van der Waals surface area (Å²) in [6.45, 7) is 4.24. The number of halogens is 1. The molecule has 0 spiro atoms. The van der Waals surface area contributed by atoms with Gasteiger partial charge < -0.3 is 10.6 Å². The molecule has 86 valence electrons. The van der Waals surface area contributed by atoms with Crippen LogP contribution in [-0.4, -0.2) is 34.3 Å². The van der Waals surface area contributed by atoms with Gasteiger partial charge in [-0.25, -0.2) is 0 Å². The zero-order chi connectivity index (χ0) is 11.8. The molecule has 0 amide bonds. The van der Waals surface area contributed by atoms with Gasteiger partial charge in [-0.3, -0.25) is 4.68 Å². The Hall–Kier alpha value is -0.390. The Morgan fingerprint density at radius 1 is 1.53 bits per heavy atom. The van der Waals surface area contributed by atoms with Crippen LogP contribution < -0.4 is 5.73 Å². The van der Waals surface area contributed by atoms with Crippen molar-refractivity contribution in [2.75, 3.05) is 14.1 Å². The fourth-order valence-electron chi connectivity index (χ4n) is 1.38. The Kier molecular flexibility index (Phi) is 3.58. The smallest absolute Gasteiger partial charge is 0.0708 e. The predicted octanol–water partition coefficient (Wildman–Crippen LogP) is 1.52. The maximum Gasteiger partial charge on any atom is 0.0708 e. The van der Waals surface area contributed by atoms with Crippen molar-refractivity contribution in [3.05, 3.63) is 16.4 Å². The highest BCUT2D eigenvalue weighted by Crippen LogP contribution is 2.31. The highest BCUT2D eigenvalue weighted by molar-refractivity contribution is 9.10. The Bertz CT molecular complexity index is 324. The van der Waals surface area contributed by atoms with E-state index in [9.17, 15) is 0 Å². The third-order valence-corrected chi connectivity index (χ3v) is 3.76. The largest absolute Gasteiger partial charge is 0.321 e. The molecule has 0 aliphatic carbocycles. The molecule has 15 heavy (non-hydrogen) atoms. The molecule has 1 atom stereocenters. The lowest BCUT2D eigenvalue weighted by Gasteiger charge is -2.38. The van der Waals surface area contributed by atoms with Gasteiger partial charge in [-0.1, -0.05) is 0 Å². The van der Waals surface area contributed by atoms with Crippen LogP contribution in [0.2, 0.25) is 0 Å². The van der Waals surface area contributed by atoms with Crippen molar-refractivity contribution in [2.24, 2.45) is 12.8 Å². The number of likely N-dealkylation sites (N-methyl/N-ethyl adjacent to an activating group) is 1. The van der Waals surface area contributed by atoms with E-state index in [1.165, 1.54) is 0 Å². The van der Waals surface area contributed by atoms with Gasteiger partial charge in [-0.15, -0.1) is 0 Å². The van der Waals surface area contributed by atoms with Crippen molar-refractivity contribution in [3.8, 4) is 0 Å². The van der Waals surface area contributed by atoms with Crippen molar-refractivity contribution in [1.29, 1.82) is 0 Å². The maximum atomic E-state index is 6.29. The van der Waals surface area contributed by atoms with E-state index in [4.69, 9.17) is 5.73 Å². The summed E-state index contributed by atoms with van der Waals surface area (Å²) in [6.07, 6.45) is 1.78. The number of aromatic nitrogens is 2. The van der Waals surface area contributed by atoms with Crippen LogP contribution in [0.25, 0.3) is 0 Å². The first-order valence-electron chi connectivity index (χ1n) is 4.89. The SMILES string of the molecule is CN(C)C(C)(C)C(N)c1c(Br)cnn1C. The number of hydrogen-bond acceptors (Lipinski definition) is 3. The van der Waals surface area contributed by atoms with Crippen LogP contribution in [0.3, 0.4) is 0 Å². The van der Waals surface area contributed by atoms with E-state index >= 15 is 0 Å². The lowest BCUT2D eigenvalue weighted by atomic mass is 9.91. The topological polar surface area (TPSA) is 47.1 Å². The molecule has 0 aliphatic rings. The standard InChI is InChI=1S/C10H19BrN4/c1-10(2,14(3)4)9(12)8-7(11)6-13-15(8)5/h6,9H,12H2,1-5H3. The zero-order valence-corrected chi connectivity index (χ0v) is 11.5. The third-order valence-electron chi connectivity index (χ3n) is 3.15. The van der Waals surface area contributed by atoms with E-state index in [2.05, 4.69) is 39.8 Å². The fraction of sp³-hybridized carbons (Fsp3) is 0.700. The van der Waals surface area contributed by atoms with Crippen LogP contribution in [-0.2, 0) is 7.05 Å². The minimum absolute atomic E-state index is 0.0885. The first-order valence-corrected chi connectivity index (χ1v) is 5.68. The van der Waals surface area contributed by atoms with Crippen molar-refractivity contribution in [1.82, 2.24) is 14.7 Å². The molecular weight excluding hydrogens is 256 g/mol. The molecule has 4 nitrogen and oxygen atoms in total. The van der Waals surface area contributed by atoms with Gasteiger partial charge in [0.1, 0.15) is 0 Å². The first kappa shape index (κ1) is 12.7. The second kappa shape index (κ2) is 4.23. The summed E-state index contributed by atoms with van der Waals surface area (Å²) in [6, 6.07) is -0.0885. The van der Waals surface area contributed by atoms with Gasteiger partial charge >= 0.3 is 0 Å². The highest BCUT2D eigenvalue weighted by Gasteiger charge is 2.33. The summed E-state index contributed by atoms with van der Waals surface area (Å²) >= 11 is 3.48. The van der Waals surface area contributed by atoms with Gasteiger partial charge in [-0.05, 0) is 43.9 Å². The summed E-state index contributed by atoms with van der Waals surface area (Å²) in [5.41, 5.74) is 7.19. The molecule has 0 radical (unpaired) electrons. The Labute approximate surface area is 99.6 Å². The van der Waals surface area contributed by atoms with Gasteiger partial charge in [0.05, 0.1) is 22.4 Å². The van der Waals surface area contributed by atoms with Crippen LogP contribution in [0.15, 0.2) is 10.7 Å². The van der Waals surface area contributed by atoms with Crippen LogP contribution in [0.1, 0.15) is 25.6 Å². The van der Waals surface area contributed by atoms with Crippen molar-refractivity contribution >= 4 is 15.9 Å². The first-order chi connectivity index (χ1) is 6.78. The van der Waals surface area contributed by atoms with Gasteiger partial charge in [0.25, 0.3) is 0 Å². The summed E-state index contributed by atoms with van der Waals surface area (Å²) in [5, 5.41) is 4.18. The van der Waals surface area contributed by atoms with E-state index < -0.39 is 0 Å². The van der Waals surface area contributed by atoms with Crippen molar-refractivity contribution < 1.29 is 0 Å². The Morgan fingerprint density at radius 3 is 2.40 bits per heavy atom. The third kappa shape index (κ3) is 2.24. The van der Waals surface area contributed by atoms with E-state index in [0.717, 1.165) is 10.2 Å². The molecule has 0 saturated carbocycles. The molecule has 0 aromatic carbocycles.